The predicted molar refractivity (Wildman–Crippen MR) is 129 cm³/mol. The molecule has 0 amide bonds. The van der Waals surface area contributed by atoms with E-state index in [0.29, 0.717) is 26.9 Å². The standard InChI is InChI=1S/C22H15ClN4O4S2/c1-13-15(23)4-2-5-16(13)25-22-26(18(11-33-22)21-6-3-7-32-21)24-10-14-8-19-20(31-12-30-19)9-17(14)27(28)29/h2-11H,12H2,1H3. The van der Waals surface area contributed by atoms with E-state index in [4.69, 9.17) is 26.1 Å². The third-order valence-corrected chi connectivity index (χ3v) is 7.06. The molecule has 166 valence electrons. The van der Waals surface area contributed by atoms with Gasteiger partial charge in [-0.1, -0.05) is 23.7 Å². The second-order valence-corrected chi connectivity index (χ2v) is 9.15. The van der Waals surface area contributed by atoms with E-state index in [2.05, 4.69) is 5.10 Å². The van der Waals surface area contributed by atoms with Gasteiger partial charge >= 0.3 is 0 Å². The average Bonchev–Trinajstić information content (AvgIpc) is 3.55. The molecule has 0 aliphatic carbocycles. The van der Waals surface area contributed by atoms with Gasteiger partial charge < -0.3 is 9.47 Å². The number of thiophene rings is 1. The van der Waals surface area contributed by atoms with Gasteiger partial charge in [-0.05, 0) is 42.1 Å². The van der Waals surface area contributed by atoms with Crippen molar-refractivity contribution in [1.29, 1.82) is 0 Å². The van der Waals surface area contributed by atoms with Crippen LogP contribution in [-0.4, -0.2) is 22.6 Å². The molecule has 2 aromatic heterocycles. The van der Waals surface area contributed by atoms with Gasteiger partial charge in [0.15, 0.2) is 11.5 Å². The van der Waals surface area contributed by atoms with E-state index in [1.54, 1.807) is 22.1 Å². The summed E-state index contributed by atoms with van der Waals surface area (Å²) in [6.45, 7) is 1.93. The van der Waals surface area contributed by atoms with Crippen LogP contribution in [0.3, 0.4) is 0 Å². The number of fused-ring (bicyclic) bond motifs is 1. The van der Waals surface area contributed by atoms with Crippen molar-refractivity contribution in [2.24, 2.45) is 10.1 Å². The minimum atomic E-state index is -0.470. The molecule has 0 spiro atoms. The number of hydrogen-bond acceptors (Lipinski definition) is 8. The fourth-order valence-electron chi connectivity index (χ4n) is 3.23. The summed E-state index contributed by atoms with van der Waals surface area (Å²) in [5.41, 5.74) is 2.57. The molecule has 2 aromatic carbocycles. The van der Waals surface area contributed by atoms with Crippen LogP contribution in [0.4, 0.5) is 11.4 Å². The third kappa shape index (κ3) is 4.15. The number of nitrogens with zero attached hydrogens (tertiary/aromatic N) is 4. The highest BCUT2D eigenvalue weighted by Crippen LogP contribution is 2.37. The monoisotopic (exact) mass is 498 g/mol. The zero-order valence-electron chi connectivity index (χ0n) is 17.1. The summed E-state index contributed by atoms with van der Waals surface area (Å²) in [4.78, 5) is 17.5. The number of halogens is 1. The van der Waals surface area contributed by atoms with Gasteiger partial charge in [0.1, 0.15) is 0 Å². The van der Waals surface area contributed by atoms with Gasteiger partial charge in [0.05, 0.1) is 39.0 Å². The van der Waals surface area contributed by atoms with Crippen molar-refractivity contribution in [3.05, 3.63) is 84.3 Å². The fraction of sp³-hybridized carbons (Fsp3) is 0.0909. The molecule has 11 heteroatoms. The molecule has 8 nitrogen and oxygen atoms in total. The molecule has 3 heterocycles. The van der Waals surface area contributed by atoms with Crippen LogP contribution in [0.15, 0.2) is 63.3 Å². The molecule has 4 aromatic rings. The van der Waals surface area contributed by atoms with Crippen LogP contribution in [0, 0.1) is 17.0 Å². The summed E-state index contributed by atoms with van der Waals surface area (Å²) < 4.78 is 12.3. The smallest absolute Gasteiger partial charge is 0.282 e. The SMILES string of the molecule is Cc1c(Cl)cccc1N=c1scc(-c2cccs2)n1N=Cc1cc2c(cc1[N+](=O)[O-])OCO2. The van der Waals surface area contributed by atoms with E-state index in [-0.39, 0.29) is 12.5 Å². The van der Waals surface area contributed by atoms with Crippen molar-refractivity contribution in [2.45, 2.75) is 6.92 Å². The molecule has 0 atom stereocenters. The Morgan fingerprint density at radius 2 is 2.00 bits per heavy atom. The minimum absolute atomic E-state index is 0.0247. The van der Waals surface area contributed by atoms with Gasteiger partial charge in [0, 0.05) is 10.4 Å². The van der Waals surface area contributed by atoms with E-state index >= 15 is 0 Å². The van der Waals surface area contributed by atoms with Crippen LogP contribution in [0.2, 0.25) is 5.02 Å². The van der Waals surface area contributed by atoms with E-state index in [1.807, 2.05) is 48.0 Å². The quantitative estimate of drug-likeness (QED) is 0.192. The van der Waals surface area contributed by atoms with E-state index < -0.39 is 4.92 Å². The van der Waals surface area contributed by atoms with E-state index in [0.717, 1.165) is 21.8 Å². The highest BCUT2D eigenvalue weighted by molar-refractivity contribution is 7.14. The summed E-state index contributed by atoms with van der Waals surface area (Å²) in [6, 6.07) is 12.4. The molecular formula is C22H15ClN4O4S2. The van der Waals surface area contributed by atoms with Gasteiger partial charge in [-0.15, -0.1) is 22.7 Å². The number of aromatic nitrogens is 1. The Morgan fingerprint density at radius 3 is 2.76 bits per heavy atom. The molecule has 0 N–H and O–H groups in total. The second kappa shape index (κ2) is 8.81. The molecule has 0 radical (unpaired) electrons. The summed E-state index contributed by atoms with van der Waals surface area (Å²) in [7, 11) is 0. The van der Waals surface area contributed by atoms with Crippen molar-refractivity contribution in [3.63, 3.8) is 0 Å². The maximum Gasteiger partial charge on any atom is 0.282 e. The fourth-order valence-corrected chi connectivity index (χ4v) is 5.04. The lowest BCUT2D eigenvalue weighted by atomic mass is 10.1. The summed E-state index contributed by atoms with van der Waals surface area (Å²) >= 11 is 9.25. The Morgan fingerprint density at radius 1 is 1.18 bits per heavy atom. The van der Waals surface area contributed by atoms with Gasteiger partial charge in [0.25, 0.3) is 5.69 Å². The molecule has 0 unspecified atom stereocenters. The molecular weight excluding hydrogens is 484 g/mol. The number of thiazole rings is 1. The van der Waals surface area contributed by atoms with Crippen LogP contribution >= 0.6 is 34.3 Å². The van der Waals surface area contributed by atoms with Crippen molar-refractivity contribution < 1.29 is 14.4 Å². The van der Waals surface area contributed by atoms with Gasteiger partial charge in [-0.2, -0.15) is 5.10 Å². The van der Waals surface area contributed by atoms with Gasteiger partial charge in [0.2, 0.25) is 11.6 Å². The maximum absolute atomic E-state index is 11.6. The van der Waals surface area contributed by atoms with Crippen molar-refractivity contribution in [3.8, 4) is 22.1 Å². The molecule has 0 bridgehead atoms. The third-order valence-electron chi connectivity index (χ3n) is 4.95. The van der Waals surface area contributed by atoms with Crippen LogP contribution in [-0.2, 0) is 0 Å². The zero-order chi connectivity index (χ0) is 22.9. The lowest BCUT2D eigenvalue weighted by Gasteiger charge is -2.04. The number of rotatable bonds is 5. The Kier molecular flexibility index (Phi) is 5.71. The average molecular weight is 499 g/mol. The Balaban J connectivity index is 1.66. The first-order valence-electron chi connectivity index (χ1n) is 9.68. The molecule has 0 fully saturated rings. The zero-order valence-corrected chi connectivity index (χ0v) is 19.5. The number of benzene rings is 2. The van der Waals surface area contributed by atoms with Gasteiger partial charge in [-0.3, -0.25) is 10.1 Å². The highest BCUT2D eigenvalue weighted by atomic mass is 35.5. The van der Waals surface area contributed by atoms with Crippen molar-refractivity contribution >= 4 is 51.9 Å². The van der Waals surface area contributed by atoms with E-state index in [1.165, 1.54) is 23.6 Å². The molecule has 1 aliphatic rings. The summed E-state index contributed by atoms with van der Waals surface area (Å²) in [5.74, 6) is 0.781. The first-order chi connectivity index (χ1) is 16.0. The Bertz CT molecular complexity index is 1460. The largest absolute Gasteiger partial charge is 0.454 e. The van der Waals surface area contributed by atoms with Crippen molar-refractivity contribution in [1.82, 2.24) is 4.68 Å². The van der Waals surface area contributed by atoms with E-state index in [9.17, 15) is 10.1 Å². The van der Waals surface area contributed by atoms with Crippen molar-refractivity contribution in [2.75, 3.05) is 6.79 Å². The van der Waals surface area contributed by atoms with Crippen LogP contribution in [0.25, 0.3) is 10.6 Å². The number of hydrogen-bond donors (Lipinski definition) is 0. The second-order valence-electron chi connectivity index (χ2n) is 6.95. The molecule has 33 heavy (non-hydrogen) atoms. The Hall–Kier alpha value is -3.47. The highest BCUT2D eigenvalue weighted by Gasteiger charge is 2.22. The topological polar surface area (TPSA) is 91.2 Å². The first kappa shape index (κ1) is 21.4. The van der Waals surface area contributed by atoms with Crippen LogP contribution < -0.4 is 14.3 Å². The first-order valence-corrected chi connectivity index (χ1v) is 11.8. The Labute approximate surface area is 200 Å². The lowest BCUT2D eigenvalue weighted by molar-refractivity contribution is -0.385. The lowest BCUT2D eigenvalue weighted by Crippen LogP contribution is -2.11. The molecule has 0 saturated heterocycles. The van der Waals surface area contributed by atoms with Gasteiger partial charge in [-0.25, -0.2) is 9.67 Å². The maximum atomic E-state index is 11.6. The molecule has 0 saturated carbocycles. The normalized spacial score (nSPS) is 13.2. The minimum Gasteiger partial charge on any atom is -0.454 e. The molecule has 1 aliphatic heterocycles. The van der Waals surface area contributed by atoms with Crippen LogP contribution in [0.5, 0.6) is 11.5 Å². The summed E-state index contributed by atoms with van der Waals surface area (Å²) in [6.07, 6.45) is 1.44. The molecule has 5 rings (SSSR count). The number of ether oxygens (including phenoxy) is 2. The number of nitro groups is 1. The predicted octanol–water partition coefficient (Wildman–Crippen LogP) is 5.99. The number of nitro benzene ring substituents is 1. The summed E-state index contributed by atoms with van der Waals surface area (Å²) in [5, 5.41) is 20.8. The van der Waals surface area contributed by atoms with Crippen LogP contribution in [0.1, 0.15) is 11.1 Å².